The second-order valence-electron chi connectivity index (χ2n) is 3.50. The van der Waals surface area contributed by atoms with Crippen molar-refractivity contribution in [2.24, 2.45) is 0 Å². The van der Waals surface area contributed by atoms with E-state index in [4.69, 9.17) is 4.42 Å². The van der Waals surface area contributed by atoms with Gasteiger partial charge in [-0.3, -0.25) is 9.89 Å². The molecule has 0 fully saturated rings. The van der Waals surface area contributed by atoms with Crippen LogP contribution in [0.5, 0.6) is 0 Å². The largest absolute Gasteiger partial charge is 0.463 e. The fourth-order valence-corrected chi connectivity index (χ4v) is 1.39. The van der Waals surface area contributed by atoms with Crippen molar-refractivity contribution < 1.29 is 9.21 Å². The molecule has 6 heteroatoms. The fraction of sp³-hybridized carbons (Fsp3) is 0.273. The van der Waals surface area contributed by atoms with E-state index < -0.39 is 0 Å². The highest BCUT2D eigenvalue weighted by atomic mass is 16.3. The van der Waals surface area contributed by atoms with E-state index in [1.807, 2.05) is 7.05 Å². The average molecular weight is 234 g/mol. The van der Waals surface area contributed by atoms with Crippen LogP contribution in [-0.4, -0.2) is 36.2 Å². The van der Waals surface area contributed by atoms with Crippen LogP contribution in [0.1, 0.15) is 10.5 Å². The minimum absolute atomic E-state index is 0.200. The Labute approximate surface area is 98.4 Å². The third-order valence-corrected chi connectivity index (χ3v) is 2.26. The minimum Gasteiger partial charge on any atom is -0.463 e. The summed E-state index contributed by atoms with van der Waals surface area (Å²) in [5.41, 5.74) is 1.04. The number of furan rings is 1. The summed E-state index contributed by atoms with van der Waals surface area (Å²) in [6.45, 7) is 1.29. The average Bonchev–Trinajstić information content (AvgIpc) is 3.00. The Morgan fingerprint density at radius 3 is 3.12 bits per heavy atom. The predicted molar refractivity (Wildman–Crippen MR) is 62.5 cm³/mol. The van der Waals surface area contributed by atoms with Gasteiger partial charge in [-0.25, -0.2) is 0 Å². The highest BCUT2D eigenvalue weighted by Crippen LogP contribution is 2.17. The maximum atomic E-state index is 11.7. The Morgan fingerprint density at radius 2 is 2.41 bits per heavy atom. The van der Waals surface area contributed by atoms with Crippen LogP contribution >= 0.6 is 0 Å². The van der Waals surface area contributed by atoms with E-state index in [1.165, 1.54) is 0 Å². The van der Waals surface area contributed by atoms with Crippen LogP contribution in [0.2, 0.25) is 0 Å². The lowest BCUT2D eigenvalue weighted by atomic mass is 10.3. The molecule has 3 N–H and O–H groups in total. The molecule has 0 spiro atoms. The summed E-state index contributed by atoms with van der Waals surface area (Å²) < 4.78 is 5.20. The van der Waals surface area contributed by atoms with Gasteiger partial charge in [0.2, 0.25) is 0 Å². The first-order valence-electron chi connectivity index (χ1n) is 5.33. The van der Waals surface area contributed by atoms with Crippen molar-refractivity contribution in [2.45, 2.75) is 0 Å². The molecule has 2 aromatic rings. The highest BCUT2D eigenvalue weighted by molar-refractivity contribution is 5.93. The Kier molecular flexibility index (Phi) is 3.56. The zero-order valence-corrected chi connectivity index (χ0v) is 9.49. The lowest BCUT2D eigenvalue weighted by Gasteiger charge is -2.00. The van der Waals surface area contributed by atoms with Crippen LogP contribution in [0.3, 0.4) is 0 Å². The van der Waals surface area contributed by atoms with Gasteiger partial charge in [-0.2, -0.15) is 5.10 Å². The number of hydrogen-bond donors (Lipinski definition) is 3. The van der Waals surface area contributed by atoms with Crippen molar-refractivity contribution in [3.63, 3.8) is 0 Å². The molecule has 0 aliphatic heterocycles. The summed E-state index contributed by atoms with van der Waals surface area (Å²) in [4.78, 5) is 11.7. The zero-order valence-electron chi connectivity index (χ0n) is 9.49. The molecule has 90 valence electrons. The van der Waals surface area contributed by atoms with E-state index in [-0.39, 0.29) is 5.91 Å². The topological polar surface area (TPSA) is 83.0 Å². The van der Waals surface area contributed by atoms with Gasteiger partial charge in [-0.15, -0.1) is 0 Å². The number of H-pyrrole nitrogens is 1. The number of nitrogens with zero attached hydrogens (tertiary/aromatic N) is 1. The minimum atomic E-state index is -0.200. The highest BCUT2D eigenvalue weighted by Gasteiger charge is 2.11. The second-order valence-corrected chi connectivity index (χ2v) is 3.50. The summed E-state index contributed by atoms with van der Waals surface area (Å²) in [7, 11) is 1.83. The number of rotatable bonds is 5. The van der Waals surface area contributed by atoms with Crippen molar-refractivity contribution in [1.29, 1.82) is 0 Å². The quantitative estimate of drug-likeness (QED) is 0.662. The molecule has 6 nitrogen and oxygen atoms in total. The van der Waals surface area contributed by atoms with Gasteiger partial charge in [0, 0.05) is 19.2 Å². The molecule has 0 unspecified atom stereocenters. The number of likely N-dealkylation sites (N-methyl/N-ethyl adjacent to an activating group) is 1. The number of amides is 1. The summed E-state index contributed by atoms with van der Waals surface area (Å²) in [5, 5.41) is 12.4. The normalized spacial score (nSPS) is 10.4. The van der Waals surface area contributed by atoms with Crippen LogP contribution in [0.15, 0.2) is 28.9 Å². The van der Waals surface area contributed by atoms with E-state index >= 15 is 0 Å². The smallest absolute Gasteiger partial charge is 0.271 e. The van der Waals surface area contributed by atoms with Crippen LogP contribution in [0.25, 0.3) is 11.5 Å². The first-order valence-corrected chi connectivity index (χ1v) is 5.33. The predicted octanol–water partition coefficient (Wildman–Crippen LogP) is 0.619. The molecule has 0 bridgehead atoms. The van der Waals surface area contributed by atoms with Gasteiger partial charge < -0.3 is 15.1 Å². The number of aromatic amines is 1. The van der Waals surface area contributed by atoms with Crippen molar-refractivity contribution in [3.8, 4) is 11.5 Å². The molecule has 0 saturated carbocycles. The van der Waals surface area contributed by atoms with Gasteiger partial charge in [-0.05, 0) is 19.2 Å². The van der Waals surface area contributed by atoms with E-state index in [2.05, 4.69) is 20.8 Å². The molecule has 0 saturated heterocycles. The first-order chi connectivity index (χ1) is 8.31. The lowest BCUT2D eigenvalue weighted by molar-refractivity contribution is 0.0949. The van der Waals surface area contributed by atoms with Crippen molar-refractivity contribution in [3.05, 3.63) is 30.2 Å². The number of nitrogens with one attached hydrogen (secondary N) is 3. The second kappa shape index (κ2) is 5.31. The Hall–Kier alpha value is -2.08. The number of aromatic nitrogens is 2. The van der Waals surface area contributed by atoms with Crippen LogP contribution < -0.4 is 10.6 Å². The Balaban J connectivity index is 2.01. The number of carbonyl (C=O) groups is 1. The first kappa shape index (κ1) is 11.4. The molecule has 2 aromatic heterocycles. The van der Waals surface area contributed by atoms with Gasteiger partial charge in [0.05, 0.1) is 6.26 Å². The molecule has 2 rings (SSSR count). The third-order valence-electron chi connectivity index (χ3n) is 2.26. The lowest BCUT2D eigenvalue weighted by Crippen LogP contribution is -2.30. The summed E-state index contributed by atoms with van der Waals surface area (Å²) in [5.74, 6) is 0.459. The monoisotopic (exact) mass is 234 g/mol. The van der Waals surface area contributed by atoms with Crippen molar-refractivity contribution >= 4 is 5.91 Å². The standard InChI is InChI=1S/C11H14N4O2/c1-12-4-5-13-11(16)9-7-8(14-15-9)10-3-2-6-17-10/h2-3,6-7,12H,4-5H2,1H3,(H,13,16)(H,14,15). The van der Waals surface area contributed by atoms with Gasteiger partial charge in [0.15, 0.2) is 11.5 Å². The van der Waals surface area contributed by atoms with E-state index in [0.29, 0.717) is 23.7 Å². The van der Waals surface area contributed by atoms with E-state index in [0.717, 1.165) is 6.54 Å². The van der Waals surface area contributed by atoms with Crippen LogP contribution in [-0.2, 0) is 0 Å². The molecule has 2 heterocycles. The van der Waals surface area contributed by atoms with Gasteiger partial charge >= 0.3 is 0 Å². The fourth-order valence-electron chi connectivity index (χ4n) is 1.39. The van der Waals surface area contributed by atoms with Crippen LogP contribution in [0.4, 0.5) is 0 Å². The third kappa shape index (κ3) is 2.73. The van der Waals surface area contributed by atoms with E-state index in [9.17, 15) is 4.79 Å². The van der Waals surface area contributed by atoms with Gasteiger partial charge in [0.25, 0.3) is 5.91 Å². The summed E-state index contributed by atoms with van der Waals surface area (Å²) >= 11 is 0. The molecule has 0 radical (unpaired) electrons. The SMILES string of the molecule is CNCCNC(=O)c1cc(-c2ccco2)[nH]n1. The molecule has 0 atom stereocenters. The summed E-state index contributed by atoms with van der Waals surface area (Å²) in [6, 6.07) is 5.24. The molecule has 0 aromatic carbocycles. The summed E-state index contributed by atoms with van der Waals surface area (Å²) in [6.07, 6.45) is 1.57. The Bertz CT molecular complexity index is 475. The number of hydrogen-bond acceptors (Lipinski definition) is 4. The molecule has 17 heavy (non-hydrogen) atoms. The zero-order chi connectivity index (χ0) is 12.1. The molecular weight excluding hydrogens is 220 g/mol. The maximum absolute atomic E-state index is 11.7. The Morgan fingerprint density at radius 1 is 1.53 bits per heavy atom. The van der Waals surface area contributed by atoms with Crippen molar-refractivity contribution in [2.75, 3.05) is 20.1 Å². The number of carbonyl (C=O) groups excluding carboxylic acids is 1. The molecular formula is C11H14N4O2. The molecule has 0 aliphatic rings. The maximum Gasteiger partial charge on any atom is 0.271 e. The van der Waals surface area contributed by atoms with Crippen molar-refractivity contribution in [1.82, 2.24) is 20.8 Å². The van der Waals surface area contributed by atoms with E-state index in [1.54, 1.807) is 24.5 Å². The van der Waals surface area contributed by atoms with Gasteiger partial charge in [-0.1, -0.05) is 0 Å². The van der Waals surface area contributed by atoms with Gasteiger partial charge in [0.1, 0.15) is 5.69 Å². The molecule has 0 aliphatic carbocycles. The molecule has 1 amide bonds. The van der Waals surface area contributed by atoms with Crippen LogP contribution in [0, 0.1) is 0 Å².